The number of nitrogens with one attached hydrogen (secondary N) is 1. The second-order valence-corrected chi connectivity index (χ2v) is 4.40. The van der Waals surface area contributed by atoms with Crippen molar-refractivity contribution < 1.29 is 36.4 Å². The summed E-state index contributed by atoms with van der Waals surface area (Å²) in [4.78, 5) is 26.9. The molecule has 1 aromatic carbocycles. The van der Waals surface area contributed by atoms with E-state index in [-0.39, 0.29) is 5.06 Å². The number of carbonyl (C=O) groups excluding carboxylic acids is 2. The van der Waals surface area contributed by atoms with E-state index in [0.29, 0.717) is 0 Å². The van der Waals surface area contributed by atoms with Crippen LogP contribution >= 0.6 is 0 Å². The predicted molar refractivity (Wildman–Crippen MR) is 68.1 cm³/mol. The van der Waals surface area contributed by atoms with Crippen LogP contribution in [-0.2, 0) is 20.3 Å². The highest BCUT2D eigenvalue weighted by atomic mass is 19.4. The van der Waals surface area contributed by atoms with E-state index in [0.717, 1.165) is 19.2 Å². The molecule has 0 aromatic heterocycles. The standard InChI is InChI=1S/C13H13F5N2O3/c1-20(23-8-12(14,15)16)10(21)7-19-11(22)13(17,18)9-5-3-2-4-6-9/h2-6H,7-8H2,1H3,(H,19,22). The van der Waals surface area contributed by atoms with Crippen LogP contribution in [0.5, 0.6) is 0 Å². The molecule has 5 nitrogen and oxygen atoms in total. The lowest BCUT2D eigenvalue weighted by Crippen LogP contribution is -2.44. The van der Waals surface area contributed by atoms with Gasteiger partial charge in [0.25, 0.3) is 11.8 Å². The molecule has 1 aromatic rings. The summed E-state index contributed by atoms with van der Waals surface area (Å²) in [7, 11) is 0.871. The molecular weight excluding hydrogens is 327 g/mol. The number of hydrogen-bond donors (Lipinski definition) is 1. The van der Waals surface area contributed by atoms with Crippen LogP contribution in [0.3, 0.4) is 0 Å². The van der Waals surface area contributed by atoms with E-state index >= 15 is 0 Å². The van der Waals surface area contributed by atoms with Crippen LogP contribution in [0.25, 0.3) is 0 Å². The number of amides is 2. The van der Waals surface area contributed by atoms with Gasteiger partial charge in [0.1, 0.15) is 0 Å². The average Bonchev–Trinajstić information content (AvgIpc) is 2.49. The van der Waals surface area contributed by atoms with Crippen molar-refractivity contribution in [1.29, 1.82) is 0 Å². The molecule has 0 saturated carbocycles. The molecule has 1 rings (SSSR count). The fraction of sp³-hybridized carbons (Fsp3) is 0.385. The highest BCUT2D eigenvalue weighted by Gasteiger charge is 2.40. The first-order valence-electron chi connectivity index (χ1n) is 6.22. The summed E-state index contributed by atoms with van der Waals surface area (Å²) >= 11 is 0. The van der Waals surface area contributed by atoms with Crippen LogP contribution in [0, 0.1) is 0 Å². The monoisotopic (exact) mass is 340 g/mol. The third-order valence-electron chi connectivity index (χ3n) is 2.59. The molecule has 10 heteroatoms. The maximum Gasteiger partial charge on any atom is 0.414 e. The first-order valence-corrected chi connectivity index (χ1v) is 6.22. The summed E-state index contributed by atoms with van der Waals surface area (Å²) < 4.78 is 63.3. The molecule has 0 radical (unpaired) electrons. The molecule has 0 heterocycles. The lowest BCUT2D eigenvalue weighted by Gasteiger charge is -2.19. The number of hydroxylamine groups is 2. The van der Waals surface area contributed by atoms with Crippen molar-refractivity contribution >= 4 is 11.8 Å². The maximum atomic E-state index is 13.8. The van der Waals surface area contributed by atoms with Gasteiger partial charge < -0.3 is 5.32 Å². The van der Waals surface area contributed by atoms with Gasteiger partial charge in [-0.05, 0) is 0 Å². The molecule has 0 spiro atoms. The number of likely N-dealkylation sites (N-methyl/N-ethyl adjacent to an activating group) is 1. The van der Waals surface area contributed by atoms with Crippen LogP contribution in [0.1, 0.15) is 5.56 Å². The van der Waals surface area contributed by atoms with E-state index in [2.05, 4.69) is 4.84 Å². The topological polar surface area (TPSA) is 58.6 Å². The molecule has 0 atom stereocenters. The zero-order chi connectivity index (χ0) is 17.7. The van der Waals surface area contributed by atoms with Gasteiger partial charge in [-0.25, -0.2) is 5.06 Å². The van der Waals surface area contributed by atoms with Crippen LogP contribution in [-0.4, -0.2) is 43.3 Å². The van der Waals surface area contributed by atoms with Crippen LogP contribution in [0.15, 0.2) is 30.3 Å². The molecule has 0 aliphatic rings. The van der Waals surface area contributed by atoms with Crippen molar-refractivity contribution in [3.05, 3.63) is 35.9 Å². The molecule has 0 aliphatic heterocycles. The summed E-state index contributed by atoms with van der Waals surface area (Å²) in [6.07, 6.45) is -4.65. The smallest absolute Gasteiger partial charge is 0.341 e. The van der Waals surface area contributed by atoms with Crippen LogP contribution < -0.4 is 5.32 Å². The zero-order valence-electron chi connectivity index (χ0n) is 11.9. The Morgan fingerprint density at radius 1 is 1.13 bits per heavy atom. The third-order valence-corrected chi connectivity index (χ3v) is 2.59. The SMILES string of the molecule is CN(OCC(F)(F)F)C(=O)CNC(=O)C(F)(F)c1ccccc1. The largest absolute Gasteiger partial charge is 0.414 e. The molecule has 0 bridgehead atoms. The van der Waals surface area contributed by atoms with E-state index in [4.69, 9.17) is 0 Å². The highest BCUT2D eigenvalue weighted by Crippen LogP contribution is 2.27. The van der Waals surface area contributed by atoms with Gasteiger partial charge in [-0.1, -0.05) is 30.3 Å². The van der Waals surface area contributed by atoms with E-state index in [1.54, 1.807) is 5.32 Å². The van der Waals surface area contributed by atoms with Gasteiger partial charge in [-0.15, -0.1) is 0 Å². The first-order chi connectivity index (χ1) is 10.5. The van der Waals surface area contributed by atoms with E-state index in [1.165, 1.54) is 18.2 Å². The van der Waals surface area contributed by atoms with Gasteiger partial charge in [-0.3, -0.25) is 14.4 Å². The number of nitrogens with zero attached hydrogens (tertiary/aromatic N) is 1. The van der Waals surface area contributed by atoms with Crippen LogP contribution in [0.4, 0.5) is 22.0 Å². The Balaban J connectivity index is 2.54. The number of rotatable bonds is 6. The van der Waals surface area contributed by atoms with E-state index in [9.17, 15) is 31.5 Å². The molecule has 23 heavy (non-hydrogen) atoms. The molecule has 128 valence electrons. The fourth-order valence-corrected chi connectivity index (χ4v) is 1.40. The van der Waals surface area contributed by atoms with Crippen molar-refractivity contribution in [3.63, 3.8) is 0 Å². The Morgan fingerprint density at radius 3 is 2.22 bits per heavy atom. The van der Waals surface area contributed by atoms with E-state index in [1.807, 2.05) is 0 Å². The minimum absolute atomic E-state index is 0.217. The lowest BCUT2D eigenvalue weighted by molar-refractivity contribution is -0.239. The average molecular weight is 340 g/mol. The van der Waals surface area contributed by atoms with E-state index < -0.39 is 42.6 Å². The van der Waals surface area contributed by atoms with Crippen molar-refractivity contribution in [2.45, 2.75) is 12.1 Å². The molecule has 0 unspecified atom stereocenters. The summed E-state index contributed by atoms with van der Waals surface area (Å²) in [5.74, 6) is -6.75. The van der Waals surface area contributed by atoms with Gasteiger partial charge in [0.2, 0.25) is 0 Å². The number of halogens is 5. The molecule has 0 fully saturated rings. The molecule has 2 amide bonds. The minimum atomic E-state index is -4.65. The molecule has 1 N–H and O–H groups in total. The normalized spacial score (nSPS) is 11.9. The van der Waals surface area contributed by atoms with Gasteiger partial charge in [-0.2, -0.15) is 22.0 Å². The third kappa shape index (κ3) is 5.81. The minimum Gasteiger partial charge on any atom is -0.341 e. The van der Waals surface area contributed by atoms with Crippen molar-refractivity contribution in [2.75, 3.05) is 20.2 Å². The second-order valence-electron chi connectivity index (χ2n) is 4.40. The van der Waals surface area contributed by atoms with Crippen molar-refractivity contribution in [2.24, 2.45) is 0 Å². The zero-order valence-corrected chi connectivity index (χ0v) is 11.9. The number of carbonyl (C=O) groups is 2. The quantitative estimate of drug-likeness (QED) is 0.635. The maximum absolute atomic E-state index is 13.8. The Morgan fingerprint density at radius 2 is 1.70 bits per heavy atom. The summed E-state index contributed by atoms with van der Waals surface area (Å²) in [6.45, 7) is -2.65. The summed E-state index contributed by atoms with van der Waals surface area (Å²) in [5, 5.41) is 1.87. The Bertz CT molecular complexity index is 548. The Hall–Kier alpha value is -2.23. The van der Waals surface area contributed by atoms with Gasteiger partial charge in [0.15, 0.2) is 6.61 Å². The Labute approximate surface area is 128 Å². The number of benzene rings is 1. The second kappa shape index (κ2) is 7.36. The van der Waals surface area contributed by atoms with Crippen molar-refractivity contribution in [3.8, 4) is 0 Å². The fourth-order valence-electron chi connectivity index (χ4n) is 1.40. The number of alkyl halides is 5. The van der Waals surface area contributed by atoms with Gasteiger partial charge >= 0.3 is 12.1 Å². The molecule has 0 saturated heterocycles. The summed E-state index contributed by atoms with van der Waals surface area (Å²) in [6, 6.07) is 6.15. The van der Waals surface area contributed by atoms with Crippen LogP contribution in [0.2, 0.25) is 0 Å². The summed E-state index contributed by atoms with van der Waals surface area (Å²) in [5.41, 5.74) is -0.577. The lowest BCUT2D eigenvalue weighted by atomic mass is 10.1. The highest BCUT2D eigenvalue weighted by molar-refractivity contribution is 5.88. The van der Waals surface area contributed by atoms with Gasteiger partial charge in [0.05, 0.1) is 6.54 Å². The van der Waals surface area contributed by atoms with Gasteiger partial charge in [0, 0.05) is 12.6 Å². The Kier molecular flexibility index (Phi) is 6.02. The number of hydrogen-bond acceptors (Lipinski definition) is 3. The van der Waals surface area contributed by atoms with Crippen molar-refractivity contribution in [1.82, 2.24) is 10.4 Å². The first kappa shape index (κ1) is 18.8. The predicted octanol–water partition coefficient (Wildman–Crippen LogP) is 1.85. The molecular formula is C13H13F5N2O3. The molecule has 0 aliphatic carbocycles.